The molecular formula is C12H22N2O3. The molecule has 1 saturated heterocycles. The molecule has 1 heterocycles. The molecule has 2 amide bonds. The summed E-state index contributed by atoms with van der Waals surface area (Å²) in [6, 6.07) is -0.142. The van der Waals surface area contributed by atoms with E-state index in [4.69, 9.17) is 0 Å². The summed E-state index contributed by atoms with van der Waals surface area (Å²) >= 11 is 0. The van der Waals surface area contributed by atoms with Gasteiger partial charge in [-0.15, -0.1) is 0 Å². The van der Waals surface area contributed by atoms with Crippen molar-refractivity contribution in [3.8, 4) is 0 Å². The molecular weight excluding hydrogens is 220 g/mol. The van der Waals surface area contributed by atoms with Crippen molar-refractivity contribution in [3.63, 3.8) is 0 Å². The maximum Gasteiger partial charge on any atom is 0.317 e. The van der Waals surface area contributed by atoms with Gasteiger partial charge in [-0.2, -0.15) is 0 Å². The highest BCUT2D eigenvalue weighted by Crippen LogP contribution is 2.25. The average Bonchev–Trinajstić information content (AvgIpc) is 2.18. The van der Waals surface area contributed by atoms with Crippen LogP contribution in [-0.2, 0) is 4.79 Å². The Kier molecular flexibility index (Phi) is 4.37. The van der Waals surface area contributed by atoms with Gasteiger partial charge in [0.25, 0.3) is 0 Å². The van der Waals surface area contributed by atoms with Gasteiger partial charge in [-0.25, -0.2) is 4.79 Å². The smallest absolute Gasteiger partial charge is 0.317 e. The minimum absolute atomic E-state index is 0.0463. The number of carboxylic acid groups (broad SMARTS) is 1. The molecule has 5 nitrogen and oxygen atoms in total. The highest BCUT2D eigenvalue weighted by molar-refractivity contribution is 5.76. The molecule has 0 aromatic carbocycles. The first-order valence-corrected chi connectivity index (χ1v) is 6.05. The van der Waals surface area contributed by atoms with Crippen molar-refractivity contribution in [2.24, 2.45) is 11.3 Å². The third-order valence-corrected chi connectivity index (χ3v) is 2.82. The van der Waals surface area contributed by atoms with E-state index in [0.29, 0.717) is 26.1 Å². The van der Waals surface area contributed by atoms with E-state index < -0.39 is 11.9 Å². The summed E-state index contributed by atoms with van der Waals surface area (Å²) in [4.78, 5) is 24.3. The fourth-order valence-corrected chi connectivity index (χ4v) is 2.09. The van der Waals surface area contributed by atoms with Gasteiger partial charge in [0.2, 0.25) is 0 Å². The van der Waals surface area contributed by atoms with Crippen molar-refractivity contribution in [2.45, 2.75) is 33.6 Å². The second kappa shape index (κ2) is 5.38. The summed E-state index contributed by atoms with van der Waals surface area (Å²) in [5.74, 6) is -1.31. The SMILES string of the molecule is CC(C)(C)CC(CN1CCCNC1=O)C(=O)O. The molecule has 17 heavy (non-hydrogen) atoms. The fourth-order valence-electron chi connectivity index (χ4n) is 2.09. The zero-order chi connectivity index (χ0) is 13.1. The molecule has 1 rings (SSSR count). The average molecular weight is 242 g/mol. The lowest BCUT2D eigenvalue weighted by Gasteiger charge is -2.31. The molecule has 0 bridgehead atoms. The molecule has 98 valence electrons. The van der Waals surface area contributed by atoms with Gasteiger partial charge in [0.05, 0.1) is 5.92 Å². The topological polar surface area (TPSA) is 69.6 Å². The summed E-state index contributed by atoms with van der Waals surface area (Å²) in [5.41, 5.74) is -0.0463. The van der Waals surface area contributed by atoms with Crippen LogP contribution in [0.5, 0.6) is 0 Å². The van der Waals surface area contributed by atoms with Crippen LogP contribution in [0.4, 0.5) is 4.79 Å². The van der Waals surface area contributed by atoms with E-state index in [2.05, 4.69) is 5.32 Å². The van der Waals surface area contributed by atoms with Crippen LogP contribution >= 0.6 is 0 Å². The van der Waals surface area contributed by atoms with Gasteiger partial charge in [0.15, 0.2) is 0 Å². The quantitative estimate of drug-likeness (QED) is 0.785. The maximum absolute atomic E-state index is 11.5. The number of nitrogens with one attached hydrogen (secondary N) is 1. The van der Waals surface area contributed by atoms with E-state index in [1.165, 1.54) is 0 Å². The normalized spacial score (nSPS) is 18.8. The molecule has 1 atom stereocenters. The minimum Gasteiger partial charge on any atom is -0.481 e. The molecule has 1 aliphatic heterocycles. The lowest BCUT2D eigenvalue weighted by Crippen LogP contribution is -2.49. The van der Waals surface area contributed by atoms with Gasteiger partial charge in [-0.3, -0.25) is 4.79 Å². The maximum atomic E-state index is 11.5. The molecule has 1 unspecified atom stereocenters. The van der Waals surface area contributed by atoms with E-state index in [1.54, 1.807) is 4.90 Å². The van der Waals surface area contributed by atoms with Crippen LogP contribution in [-0.4, -0.2) is 41.6 Å². The zero-order valence-corrected chi connectivity index (χ0v) is 10.8. The number of carboxylic acids is 1. The van der Waals surface area contributed by atoms with Crippen molar-refractivity contribution in [1.29, 1.82) is 0 Å². The minimum atomic E-state index is -0.821. The second-order valence-corrected chi connectivity index (χ2v) is 5.83. The Bertz CT molecular complexity index is 297. The van der Waals surface area contributed by atoms with Crippen LogP contribution < -0.4 is 5.32 Å². The van der Waals surface area contributed by atoms with Gasteiger partial charge >= 0.3 is 12.0 Å². The Balaban J connectivity index is 2.60. The predicted octanol–water partition coefficient (Wildman–Crippen LogP) is 1.54. The van der Waals surface area contributed by atoms with E-state index >= 15 is 0 Å². The number of carbonyl (C=O) groups excluding carboxylic acids is 1. The first-order valence-electron chi connectivity index (χ1n) is 6.05. The van der Waals surface area contributed by atoms with Gasteiger partial charge in [0, 0.05) is 19.6 Å². The standard InChI is InChI=1S/C12H22N2O3/c1-12(2,3)7-9(10(15)16)8-14-6-4-5-13-11(14)17/h9H,4-8H2,1-3H3,(H,13,17)(H,15,16). The third-order valence-electron chi connectivity index (χ3n) is 2.82. The molecule has 2 N–H and O–H groups in total. The van der Waals surface area contributed by atoms with Gasteiger partial charge in [-0.1, -0.05) is 20.8 Å². The first-order chi connectivity index (χ1) is 7.79. The fraction of sp³-hybridized carbons (Fsp3) is 0.833. The lowest BCUT2D eigenvalue weighted by atomic mass is 9.84. The van der Waals surface area contributed by atoms with Crippen LogP contribution in [0.2, 0.25) is 0 Å². The Hall–Kier alpha value is -1.26. The molecule has 5 heteroatoms. The number of nitrogens with zero attached hydrogens (tertiary/aromatic N) is 1. The highest BCUT2D eigenvalue weighted by atomic mass is 16.4. The second-order valence-electron chi connectivity index (χ2n) is 5.83. The number of hydrogen-bond donors (Lipinski definition) is 2. The van der Waals surface area contributed by atoms with E-state index in [1.807, 2.05) is 20.8 Å². The largest absolute Gasteiger partial charge is 0.481 e. The number of rotatable bonds is 4. The number of hydrogen-bond acceptors (Lipinski definition) is 2. The van der Waals surface area contributed by atoms with E-state index in [-0.39, 0.29) is 11.4 Å². The van der Waals surface area contributed by atoms with E-state index in [0.717, 1.165) is 6.42 Å². The number of aliphatic carboxylic acids is 1. The summed E-state index contributed by atoms with van der Waals surface area (Å²) in [5, 5.41) is 11.9. The summed E-state index contributed by atoms with van der Waals surface area (Å²) < 4.78 is 0. The molecule has 0 spiro atoms. The monoisotopic (exact) mass is 242 g/mol. The van der Waals surface area contributed by atoms with E-state index in [9.17, 15) is 14.7 Å². The molecule has 0 saturated carbocycles. The lowest BCUT2D eigenvalue weighted by molar-refractivity contribution is -0.143. The predicted molar refractivity (Wildman–Crippen MR) is 64.8 cm³/mol. The summed E-state index contributed by atoms with van der Waals surface area (Å²) in [7, 11) is 0. The Labute approximate surface area is 102 Å². The van der Waals surface area contributed by atoms with Crippen LogP contribution in [0.15, 0.2) is 0 Å². The van der Waals surface area contributed by atoms with Crippen LogP contribution in [0, 0.1) is 11.3 Å². The van der Waals surface area contributed by atoms with Gasteiger partial charge in [-0.05, 0) is 18.3 Å². The van der Waals surface area contributed by atoms with Crippen molar-refractivity contribution < 1.29 is 14.7 Å². The number of carbonyl (C=O) groups is 2. The van der Waals surface area contributed by atoms with Crippen molar-refractivity contribution in [3.05, 3.63) is 0 Å². The Morgan fingerprint density at radius 2 is 2.18 bits per heavy atom. The molecule has 1 fully saturated rings. The summed E-state index contributed by atoms with van der Waals surface area (Å²) in [6.07, 6.45) is 1.46. The number of amides is 2. The molecule has 0 radical (unpaired) electrons. The Morgan fingerprint density at radius 3 is 2.65 bits per heavy atom. The summed E-state index contributed by atoms with van der Waals surface area (Å²) in [6.45, 7) is 7.68. The molecule has 0 aromatic rings. The van der Waals surface area contributed by atoms with Crippen molar-refractivity contribution >= 4 is 12.0 Å². The molecule has 1 aliphatic rings. The molecule has 0 aliphatic carbocycles. The highest BCUT2D eigenvalue weighted by Gasteiger charge is 2.29. The molecule has 0 aromatic heterocycles. The zero-order valence-electron chi connectivity index (χ0n) is 10.8. The van der Waals surface area contributed by atoms with Crippen LogP contribution in [0.3, 0.4) is 0 Å². The van der Waals surface area contributed by atoms with Gasteiger partial charge < -0.3 is 15.3 Å². The van der Waals surface area contributed by atoms with Crippen molar-refractivity contribution in [2.75, 3.05) is 19.6 Å². The van der Waals surface area contributed by atoms with Crippen LogP contribution in [0.1, 0.15) is 33.6 Å². The first kappa shape index (κ1) is 13.8. The van der Waals surface area contributed by atoms with Crippen LogP contribution in [0.25, 0.3) is 0 Å². The third kappa shape index (κ3) is 4.63. The Morgan fingerprint density at radius 1 is 1.53 bits per heavy atom. The van der Waals surface area contributed by atoms with Crippen molar-refractivity contribution in [1.82, 2.24) is 10.2 Å². The number of urea groups is 1. The van der Waals surface area contributed by atoms with Gasteiger partial charge in [0.1, 0.15) is 0 Å².